The molecule has 0 spiro atoms. The standard InChI is InChI=1S/C13H12F2N2OS/c1-7(2)12(18)9(6-16)13(19)17-11-4-3-8(14)5-10(11)15/h3-5,7,18H,1-2H3,(H,17,19). The molecule has 19 heavy (non-hydrogen) atoms. The van der Waals surface area contributed by atoms with Crippen molar-refractivity contribution >= 4 is 22.9 Å². The van der Waals surface area contributed by atoms with E-state index >= 15 is 0 Å². The quantitative estimate of drug-likeness (QED) is 0.384. The molecule has 0 radical (unpaired) electrons. The van der Waals surface area contributed by atoms with Crippen LogP contribution in [0.4, 0.5) is 14.5 Å². The van der Waals surface area contributed by atoms with Crippen molar-refractivity contribution in [3.8, 4) is 6.07 Å². The minimum atomic E-state index is -0.830. The SMILES string of the molecule is CC(C)C(O)=C(C#N)C(=S)Nc1ccc(F)cc1F. The van der Waals surface area contributed by atoms with Gasteiger partial charge < -0.3 is 10.4 Å². The van der Waals surface area contributed by atoms with E-state index in [1.807, 2.05) is 0 Å². The van der Waals surface area contributed by atoms with Crippen molar-refractivity contribution in [2.24, 2.45) is 5.92 Å². The van der Waals surface area contributed by atoms with Crippen LogP contribution in [0.3, 0.4) is 0 Å². The lowest BCUT2D eigenvalue weighted by molar-refractivity contribution is 0.350. The Hall–Kier alpha value is -2.00. The van der Waals surface area contributed by atoms with Crippen LogP contribution in [0.2, 0.25) is 0 Å². The highest BCUT2D eigenvalue weighted by atomic mass is 32.1. The first-order valence-electron chi connectivity index (χ1n) is 5.46. The molecule has 0 saturated carbocycles. The fourth-order valence-electron chi connectivity index (χ4n) is 1.29. The van der Waals surface area contributed by atoms with Crippen molar-refractivity contribution in [1.82, 2.24) is 0 Å². The number of nitrogens with one attached hydrogen (secondary N) is 1. The summed E-state index contributed by atoms with van der Waals surface area (Å²) in [5, 5.41) is 21.2. The Morgan fingerprint density at radius 3 is 2.53 bits per heavy atom. The van der Waals surface area contributed by atoms with Gasteiger partial charge in [-0.15, -0.1) is 0 Å². The average molecular weight is 282 g/mol. The second-order valence-electron chi connectivity index (χ2n) is 4.11. The monoisotopic (exact) mass is 282 g/mol. The van der Waals surface area contributed by atoms with Crippen LogP contribution in [0, 0.1) is 28.9 Å². The predicted molar refractivity (Wildman–Crippen MR) is 72.7 cm³/mol. The molecule has 3 nitrogen and oxygen atoms in total. The highest BCUT2D eigenvalue weighted by Gasteiger charge is 2.15. The maximum atomic E-state index is 13.4. The normalized spacial score (nSPS) is 11.8. The van der Waals surface area contributed by atoms with Crippen LogP contribution < -0.4 is 5.32 Å². The smallest absolute Gasteiger partial charge is 0.149 e. The topological polar surface area (TPSA) is 56.0 Å². The molecule has 0 heterocycles. The first-order chi connectivity index (χ1) is 8.86. The number of benzene rings is 1. The van der Waals surface area contributed by atoms with E-state index in [1.54, 1.807) is 19.9 Å². The number of nitriles is 1. The molecule has 1 rings (SSSR count). The number of anilines is 1. The molecule has 100 valence electrons. The second kappa shape index (κ2) is 6.25. The summed E-state index contributed by atoms with van der Waals surface area (Å²) in [5.74, 6) is -2.01. The molecule has 0 saturated heterocycles. The van der Waals surface area contributed by atoms with Crippen molar-refractivity contribution in [1.29, 1.82) is 5.26 Å². The predicted octanol–water partition coefficient (Wildman–Crippen LogP) is 3.70. The van der Waals surface area contributed by atoms with Crippen molar-refractivity contribution < 1.29 is 13.9 Å². The van der Waals surface area contributed by atoms with Gasteiger partial charge in [-0.05, 0) is 12.1 Å². The Bertz CT molecular complexity index is 576. The second-order valence-corrected chi connectivity index (χ2v) is 4.51. The first-order valence-corrected chi connectivity index (χ1v) is 5.87. The van der Waals surface area contributed by atoms with Crippen LogP contribution in [0.5, 0.6) is 0 Å². The Labute approximate surface area is 115 Å². The molecule has 0 aliphatic rings. The van der Waals surface area contributed by atoms with Crippen LogP contribution in [0.25, 0.3) is 0 Å². The highest BCUT2D eigenvalue weighted by Crippen LogP contribution is 2.18. The highest BCUT2D eigenvalue weighted by molar-refractivity contribution is 7.81. The van der Waals surface area contributed by atoms with Gasteiger partial charge >= 0.3 is 0 Å². The molecule has 1 aromatic carbocycles. The number of hydrogen-bond acceptors (Lipinski definition) is 3. The van der Waals surface area contributed by atoms with Gasteiger partial charge in [0.25, 0.3) is 0 Å². The summed E-state index contributed by atoms with van der Waals surface area (Å²) in [7, 11) is 0. The van der Waals surface area contributed by atoms with Gasteiger partial charge in [0.05, 0.1) is 5.69 Å². The van der Waals surface area contributed by atoms with Crippen molar-refractivity contribution in [2.45, 2.75) is 13.8 Å². The van der Waals surface area contributed by atoms with Crippen LogP contribution >= 0.6 is 12.2 Å². The fourth-order valence-corrected chi connectivity index (χ4v) is 1.55. The van der Waals surface area contributed by atoms with Gasteiger partial charge in [-0.3, -0.25) is 0 Å². The number of hydrogen-bond donors (Lipinski definition) is 2. The van der Waals surface area contributed by atoms with Gasteiger partial charge in [0.1, 0.15) is 34.0 Å². The summed E-state index contributed by atoms with van der Waals surface area (Å²) >= 11 is 4.93. The Morgan fingerprint density at radius 2 is 2.05 bits per heavy atom. The zero-order valence-corrected chi connectivity index (χ0v) is 11.2. The third kappa shape index (κ3) is 3.73. The van der Waals surface area contributed by atoms with E-state index in [9.17, 15) is 13.9 Å². The maximum absolute atomic E-state index is 13.4. The Balaban J connectivity index is 3.03. The molecule has 0 aliphatic heterocycles. The summed E-state index contributed by atoms with van der Waals surface area (Å²) in [5.41, 5.74) is -0.190. The number of aliphatic hydroxyl groups is 1. The molecule has 6 heteroatoms. The van der Waals surface area contributed by atoms with Crippen LogP contribution in [0.15, 0.2) is 29.5 Å². The molecule has 0 aromatic heterocycles. The van der Waals surface area contributed by atoms with E-state index in [4.69, 9.17) is 17.5 Å². The molecular weight excluding hydrogens is 270 g/mol. The van der Waals surface area contributed by atoms with E-state index in [2.05, 4.69) is 5.32 Å². The molecule has 0 amide bonds. The minimum absolute atomic E-state index is 0.0595. The number of rotatable bonds is 3. The van der Waals surface area contributed by atoms with Crippen LogP contribution in [-0.4, -0.2) is 10.1 Å². The fraction of sp³-hybridized carbons (Fsp3) is 0.231. The third-order valence-electron chi connectivity index (χ3n) is 2.32. The molecule has 1 aromatic rings. The summed E-state index contributed by atoms with van der Waals surface area (Å²) in [6.45, 7) is 3.38. The van der Waals surface area contributed by atoms with Gasteiger partial charge in [-0.25, -0.2) is 8.78 Å². The largest absolute Gasteiger partial charge is 0.511 e. The number of thiocarbonyl (C=S) groups is 1. The number of allylic oxidation sites excluding steroid dienone is 1. The Kier molecular flexibility index (Phi) is 4.95. The average Bonchev–Trinajstić information content (AvgIpc) is 2.33. The van der Waals surface area contributed by atoms with Gasteiger partial charge in [0.15, 0.2) is 0 Å². The number of nitrogens with zero attached hydrogens (tertiary/aromatic N) is 1. The summed E-state index contributed by atoms with van der Waals surface area (Å²) in [4.78, 5) is -0.112. The molecule has 0 fully saturated rings. The Morgan fingerprint density at radius 1 is 1.42 bits per heavy atom. The molecule has 0 aliphatic carbocycles. The van der Waals surface area contributed by atoms with E-state index in [1.165, 1.54) is 6.07 Å². The van der Waals surface area contributed by atoms with Crippen molar-refractivity contribution in [3.05, 3.63) is 41.2 Å². The molecule has 0 bridgehead atoms. The third-order valence-corrected chi connectivity index (χ3v) is 2.63. The van der Waals surface area contributed by atoms with Gasteiger partial charge in [0, 0.05) is 12.0 Å². The van der Waals surface area contributed by atoms with E-state index in [0.29, 0.717) is 6.07 Å². The van der Waals surface area contributed by atoms with E-state index in [-0.39, 0.29) is 27.9 Å². The van der Waals surface area contributed by atoms with Crippen molar-refractivity contribution in [3.63, 3.8) is 0 Å². The van der Waals surface area contributed by atoms with E-state index < -0.39 is 11.6 Å². The zero-order valence-electron chi connectivity index (χ0n) is 10.4. The minimum Gasteiger partial charge on any atom is -0.511 e. The molecule has 0 unspecified atom stereocenters. The lowest BCUT2D eigenvalue weighted by Gasteiger charge is -2.11. The van der Waals surface area contributed by atoms with Gasteiger partial charge in [-0.1, -0.05) is 26.1 Å². The lowest BCUT2D eigenvalue weighted by Crippen LogP contribution is -2.15. The zero-order chi connectivity index (χ0) is 14.6. The van der Waals surface area contributed by atoms with Gasteiger partial charge in [0.2, 0.25) is 0 Å². The first kappa shape index (κ1) is 15.1. The van der Waals surface area contributed by atoms with Gasteiger partial charge in [-0.2, -0.15) is 5.26 Å². The summed E-state index contributed by atoms with van der Waals surface area (Å²) in [6, 6.07) is 4.69. The summed E-state index contributed by atoms with van der Waals surface area (Å²) in [6.07, 6.45) is 0. The lowest BCUT2D eigenvalue weighted by atomic mass is 10.1. The van der Waals surface area contributed by atoms with Crippen LogP contribution in [0.1, 0.15) is 13.8 Å². The molecule has 0 atom stereocenters. The maximum Gasteiger partial charge on any atom is 0.149 e. The molecular formula is C13H12F2N2OS. The number of aliphatic hydroxyl groups excluding tert-OH is 1. The number of halogens is 2. The van der Waals surface area contributed by atoms with Crippen LogP contribution in [-0.2, 0) is 0 Å². The summed E-state index contributed by atoms with van der Waals surface area (Å²) < 4.78 is 26.2. The van der Waals surface area contributed by atoms with Crippen molar-refractivity contribution in [2.75, 3.05) is 5.32 Å². The molecule has 2 N–H and O–H groups in total. The van der Waals surface area contributed by atoms with E-state index in [0.717, 1.165) is 6.07 Å².